The predicted molar refractivity (Wildman–Crippen MR) is 131 cm³/mol. The van der Waals surface area contributed by atoms with Gasteiger partial charge < -0.3 is 9.88 Å². The molecule has 0 saturated heterocycles. The smallest absolute Gasteiger partial charge is 0.270 e. The molecule has 5 rings (SSSR count). The number of thioether (sulfide) groups is 1. The first-order valence-electron chi connectivity index (χ1n) is 11.1. The van der Waals surface area contributed by atoms with E-state index in [4.69, 9.17) is 4.98 Å². The zero-order chi connectivity index (χ0) is 22.8. The second kappa shape index (κ2) is 9.24. The fourth-order valence-corrected chi connectivity index (χ4v) is 5.48. The van der Waals surface area contributed by atoms with Crippen LogP contribution in [0.15, 0.2) is 83.8 Å². The Morgan fingerprint density at radius 2 is 1.79 bits per heavy atom. The minimum Gasteiger partial charge on any atom is -0.344 e. The number of hydrogen-bond donors (Lipinski definition) is 1. The summed E-state index contributed by atoms with van der Waals surface area (Å²) >= 11 is 1.81. The van der Waals surface area contributed by atoms with Crippen LogP contribution in [0.25, 0.3) is 22.6 Å². The van der Waals surface area contributed by atoms with E-state index in [0.717, 1.165) is 23.3 Å². The molecule has 1 N–H and O–H groups in total. The van der Waals surface area contributed by atoms with Crippen LogP contribution in [0.3, 0.4) is 0 Å². The van der Waals surface area contributed by atoms with Crippen LogP contribution in [-0.4, -0.2) is 21.2 Å². The van der Waals surface area contributed by atoms with E-state index >= 15 is 0 Å². The summed E-state index contributed by atoms with van der Waals surface area (Å²) in [4.78, 5) is 19.7. The van der Waals surface area contributed by atoms with Crippen LogP contribution in [0.1, 0.15) is 35.4 Å². The van der Waals surface area contributed by atoms with E-state index in [2.05, 4.69) is 17.4 Å². The average molecular weight is 458 g/mol. The lowest BCUT2D eigenvalue weighted by atomic mass is 10.0. The van der Waals surface area contributed by atoms with Gasteiger partial charge in [0.15, 0.2) is 0 Å². The van der Waals surface area contributed by atoms with Crippen molar-refractivity contribution in [2.75, 3.05) is 5.75 Å². The fraction of sp³-hybridized carbons (Fsp3) is 0.185. The summed E-state index contributed by atoms with van der Waals surface area (Å²) in [6.45, 7) is 2.51. The van der Waals surface area contributed by atoms with Gasteiger partial charge in [-0.25, -0.2) is 9.37 Å². The molecule has 1 aromatic heterocycles. The maximum absolute atomic E-state index is 14.8. The molecule has 0 bridgehead atoms. The Kier molecular flexibility index (Phi) is 6.01. The molecular weight excluding hydrogens is 433 g/mol. The van der Waals surface area contributed by atoms with E-state index in [1.807, 2.05) is 65.7 Å². The summed E-state index contributed by atoms with van der Waals surface area (Å²) < 4.78 is 16.7. The van der Waals surface area contributed by atoms with Crippen molar-refractivity contribution in [3.8, 4) is 22.6 Å². The van der Waals surface area contributed by atoms with Gasteiger partial charge in [0.1, 0.15) is 23.0 Å². The van der Waals surface area contributed by atoms with Gasteiger partial charge in [0, 0.05) is 28.3 Å². The Balaban J connectivity index is 1.62. The number of fused-ring (bicyclic) bond motifs is 1. The number of carbonyl (C=O) groups is 1. The van der Waals surface area contributed by atoms with E-state index in [1.54, 1.807) is 18.2 Å². The third kappa shape index (κ3) is 4.07. The lowest BCUT2D eigenvalue weighted by Gasteiger charge is -2.26. The maximum Gasteiger partial charge on any atom is 0.270 e. The quantitative estimate of drug-likeness (QED) is 0.380. The molecule has 33 heavy (non-hydrogen) atoms. The molecule has 4 aromatic rings. The van der Waals surface area contributed by atoms with Crippen molar-refractivity contribution in [2.24, 2.45) is 0 Å². The molecule has 0 radical (unpaired) electrons. The molecular formula is C27H24FN3OS. The summed E-state index contributed by atoms with van der Waals surface area (Å²) in [5, 5.41) is 3.22. The number of imidazole rings is 1. The molecule has 1 unspecified atom stereocenters. The number of rotatable bonds is 5. The third-order valence-electron chi connectivity index (χ3n) is 5.92. The molecule has 1 amide bonds. The summed E-state index contributed by atoms with van der Waals surface area (Å²) in [6.07, 6.45) is 0.842. The molecule has 6 heteroatoms. The minimum atomic E-state index is -0.397. The third-order valence-corrected chi connectivity index (χ3v) is 7.05. The summed E-state index contributed by atoms with van der Waals surface area (Å²) in [5.74, 6) is 0.952. The first-order chi connectivity index (χ1) is 16.2. The van der Waals surface area contributed by atoms with Crippen LogP contribution in [0.4, 0.5) is 4.39 Å². The normalized spacial score (nSPS) is 15.2. The van der Waals surface area contributed by atoms with E-state index < -0.39 is 5.82 Å². The van der Waals surface area contributed by atoms with Crippen LogP contribution < -0.4 is 5.32 Å². The van der Waals surface area contributed by atoms with Crippen molar-refractivity contribution in [1.29, 1.82) is 0 Å². The average Bonchev–Trinajstić information content (AvgIpc) is 3.25. The van der Waals surface area contributed by atoms with Crippen molar-refractivity contribution in [3.05, 3.63) is 95.9 Å². The molecule has 0 saturated carbocycles. The zero-order valence-corrected chi connectivity index (χ0v) is 19.1. The fourth-order valence-electron chi connectivity index (χ4n) is 4.36. The number of aromatic nitrogens is 2. The van der Waals surface area contributed by atoms with Crippen LogP contribution in [0.5, 0.6) is 0 Å². The molecule has 0 spiro atoms. The van der Waals surface area contributed by atoms with E-state index in [-0.39, 0.29) is 11.9 Å². The molecule has 3 aromatic carbocycles. The van der Waals surface area contributed by atoms with E-state index in [9.17, 15) is 9.18 Å². The predicted octanol–water partition coefficient (Wildman–Crippen LogP) is 6.34. The number of amides is 1. The van der Waals surface area contributed by atoms with Gasteiger partial charge in [-0.2, -0.15) is 0 Å². The number of nitrogens with zero attached hydrogens (tertiary/aromatic N) is 2. The van der Waals surface area contributed by atoms with Crippen LogP contribution in [0, 0.1) is 5.82 Å². The molecule has 2 heterocycles. The molecule has 1 aliphatic rings. The highest BCUT2D eigenvalue weighted by Gasteiger charge is 2.29. The van der Waals surface area contributed by atoms with E-state index in [0.29, 0.717) is 29.3 Å². The Morgan fingerprint density at radius 3 is 2.58 bits per heavy atom. The Labute approximate surface area is 196 Å². The van der Waals surface area contributed by atoms with Gasteiger partial charge in [-0.15, -0.1) is 11.8 Å². The van der Waals surface area contributed by atoms with Gasteiger partial charge in [-0.05, 0) is 37.1 Å². The second-order valence-corrected chi connectivity index (χ2v) is 9.06. The number of benzene rings is 3. The Hall–Kier alpha value is -3.38. The standard InChI is InChI=1S/C27H24FN3OS/c1-2-31-25(27(32)29-22-16-17-33-23-15-9-7-13-20(22)23)24(19-12-6-8-14-21(19)28)30-26(31)18-10-4-3-5-11-18/h3-15,22H,2,16-17H2,1H3,(H,29,32). The van der Waals surface area contributed by atoms with Crippen molar-refractivity contribution >= 4 is 17.7 Å². The highest BCUT2D eigenvalue weighted by molar-refractivity contribution is 7.99. The van der Waals surface area contributed by atoms with Gasteiger partial charge in [0.25, 0.3) is 5.91 Å². The monoisotopic (exact) mass is 457 g/mol. The molecule has 1 atom stereocenters. The van der Waals surface area contributed by atoms with Crippen LogP contribution >= 0.6 is 11.8 Å². The van der Waals surface area contributed by atoms with Gasteiger partial charge in [-0.1, -0.05) is 60.7 Å². The Bertz CT molecular complexity index is 1300. The minimum absolute atomic E-state index is 0.0937. The van der Waals surface area contributed by atoms with Gasteiger partial charge >= 0.3 is 0 Å². The topological polar surface area (TPSA) is 46.9 Å². The molecule has 0 fully saturated rings. The van der Waals surface area contributed by atoms with Crippen LogP contribution in [-0.2, 0) is 6.54 Å². The molecule has 4 nitrogen and oxygen atoms in total. The van der Waals surface area contributed by atoms with Crippen molar-refractivity contribution in [1.82, 2.24) is 14.9 Å². The first-order valence-corrected chi connectivity index (χ1v) is 12.1. The summed E-state index contributed by atoms with van der Waals surface area (Å²) in [6, 6.07) is 24.3. The number of hydrogen-bond acceptors (Lipinski definition) is 3. The largest absolute Gasteiger partial charge is 0.344 e. The molecule has 166 valence electrons. The highest BCUT2D eigenvalue weighted by Crippen LogP contribution is 2.37. The molecule has 0 aliphatic carbocycles. The summed E-state index contributed by atoms with van der Waals surface area (Å²) in [5.41, 5.74) is 3.09. The van der Waals surface area contributed by atoms with E-state index in [1.165, 1.54) is 11.0 Å². The number of halogens is 1. The first kappa shape index (κ1) is 21.5. The zero-order valence-electron chi connectivity index (χ0n) is 18.3. The molecule has 1 aliphatic heterocycles. The van der Waals surface area contributed by atoms with Gasteiger partial charge in [0.2, 0.25) is 0 Å². The van der Waals surface area contributed by atoms with Crippen molar-refractivity contribution in [3.63, 3.8) is 0 Å². The SMILES string of the molecule is CCn1c(-c2ccccc2)nc(-c2ccccc2F)c1C(=O)NC1CCSc2ccccc21. The lowest BCUT2D eigenvalue weighted by molar-refractivity contribution is 0.0926. The number of nitrogens with one attached hydrogen (secondary N) is 1. The lowest BCUT2D eigenvalue weighted by Crippen LogP contribution is -2.32. The van der Waals surface area contributed by atoms with Crippen molar-refractivity contribution in [2.45, 2.75) is 30.8 Å². The maximum atomic E-state index is 14.8. The second-order valence-electron chi connectivity index (χ2n) is 7.92. The summed E-state index contributed by atoms with van der Waals surface area (Å²) in [7, 11) is 0. The van der Waals surface area contributed by atoms with Crippen LogP contribution in [0.2, 0.25) is 0 Å². The Morgan fingerprint density at radius 1 is 1.06 bits per heavy atom. The van der Waals surface area contributed by atoms with Crippen molar-refractivity contribution < 1.29 is 9.18 Å². The van der Waals surface area contributed by atoms with Gasteiger partial charge in [0.05, 0.1) is 6.04 Å². The highest BCUT2D eigenvalue weighted by atomic mass is 32.2. The number of carbonyl (C=O) groups excluding carboxylic acids is 1. The van der Waals surface area contributed by atoms with Gasteiger partial charge in [-0.3, -0.25) is 4.79 Å².